The summed E-state index contributed by atoms with van der Waals surface area (Å²) in [5, 5.41) is 3.44. The number of methoxy groups -OCH3 is 1. The van der Waals surface area contributed by atoms with Crippen molar-refractivity contribution in [3.05, 3.63) is 52.5 Å². The van der Waals surface area contributed by atoms with E-state index in [4.69, 9.17) is 21.1 Å². The van der Waals surface area contributed by atoms with Crippen LogP contribution in [0, 0.1) is 12.8 Å². The molecule has 1 N–H and O–H groups in total. The van der Waals surface area contributed by atoms with Gasteiger partial charge in [-0.25, -0.2) is 0 Å². The van der Waals surface area contributed by atoms with Crippen molar-refractivity contribution in [2.24, 2.45) is 5.92 Å². The van der Waals surface area contributed by atoms with Gasteiger partial charge in [0.05, 0.1) is 13.7 Å². The number of nitrogens with one attached hydrogen (secondary N) is 1. The number of rotatable bonds is 6. The number of anilines is 1. The molecule has 1 amide bonds. The topological polar surface area (TPSA) is 47.6 Å². The normalized spacial score (nSPS) is 10.6. The number of benzene rings is 2. The smallest absolute Gasteiger partial charge is 0.255 e. The SMILES string of the molecule is COc1cc(C(=O)Nc2ccc(C)c(Cl)c2)ccc1OCC(C)C. The zero-order valence-corrected chi connectivity index (χ0v) is 15.1. The maximum Gasteiger partial charge on any atom is 0.255 e. The first-order valence-corrected chi connectivity index (χ1v) is 8.17. The lowest BCUT2D eigenvalue weighted by Crippen LogP contribution is -2.12. The average molecular weight is 348 g/mol. The fraction of sp³-hybridized carbons (Fsp3) is 0.316. The maximum atomic E-state index is 12.4. The molecule has 24 heavy (non-hydrogen) atoms. The highest BCUT2D eigenvalue weighted by atomic mass is 35.5. The van der Waals surface area contributed by atoms with E-state index in [1.54, 1.807) is 31.4 Å². The van der Waals surface area contributed by atoms with Gasteiger partial charge < -0.3 is 14.8 Å². The predicted molar refractivity (Wildman–Crippen MR) is 97.5 cm³/mol. The number of hydrogen-bond donors (Lipinski definition) is 1. The summed E-state index contributed by atoms with van der Waals surface area (Å²) in [5.41, 5.74) is 2.10. The third kappa shape index (κ3) is 4.65. The molecule has 2 aromatic rings. The number of halogens is 1. The van der Waals surface area contributed by atoms with Crippen LogP contribution in [0.4, 0.5) is 5.69 Å². The molecule has 0 atom stereocenters. The van der Waals surface area contributed by atoms with Crippen molar-refractivity contribution >= 4 is 23.2 Å². The van der Waals surface area contributed by atoms with Crippen LogP contribution in [0.2, 0.25) is 5.02 Å². The Hall–Kier alpha value is -2.20. The van der Waals surface area contributed by atoms with Crippen molar-refractivity contribution in [1.29, 1.82) is 0 Å². The first-order chi connectivity index (χ1) is 11.4. The molecule has 0 heterocycles. The zero-order chi connectivity index (χ0) is 17.7. The summed E-state index contributed by atoms with van der Waals surface area (Å²) in [6.45, 7) is 6.64. The highest BCUT2D eigenvalue weighted by molar-refractivity contribution is 6.31. The molecule has 2 rings (SSSR count). The van der Waals surface area contributed by atoms with Gasteiger partial charge in [0.25, 0.3) is 5.91 Å². The minimum absolute atomic E-state index is 0.233. The van der Waals surface area contributed by atoms with Crippen LogP contribution in [0.25, 0.3) is 0 Å². The monoisotopic (exact) mass is 347 g/mol. The Bertz CT molecular complexity index is 729. The van der Waals surface area contributed by atoms with Gasteiger partial charge in [0, 0.05) is 16.3 Å². The van der Waals surface area contributed by atoms with Crippen LogP contribution in [0.5, 0.6) is 11.5 Å². The van der Waals surface area contributed by atoms with Crippen molar-refractivity contribution in [2.75, 3.05) is 19.0 Å². The Labute approximate surface area is 147 Å². The molecule has 0 saturated heterocycles. The molecule has 0 unspecified atom stereocenters. The molecule has 0 bridgehead atoms. The maximum absolute atomic E-state index is 12.4. The van der Waals surface area contributed by atoms with Gasteiger partial charge in [-0.05, 0) is 48.7 Å². The lowest BCUT2D eigenvalue weighted by atomic mass is 10.1. The van der Waals surface area contributed by atoms with E-state index in [9.17, 15) is 4.79 Å². The molecule has 0 aliphatic rings. The molecule has 2 aromatic carbocycles. The van der Waals surface area contributed by atoms with Crippen LogP contribution in [-0.4, -0.2) is 19.6 Å². The number of hydrogen-bond acceptors (Lipinski definition) is 3. The van der Waals surface area contributed by atoms with Crippen LogP contribution >= 0.6 is 11.6 Å². The molecule has 0 aromatic heterocycles. The Kier molecular flexibility index (Phi) is 6.10. The summed E-state index contributed by atoms with van der Waals surface area (Å²) in [4.78, 5) is 12.4. The minimum atomic E-state index is -0.233. The van der Waals surface area contributed by atoms with E-state index >= 15 is 0 Å². The second kappa shape index (κ2) is 8.06. The highest BCUT2D eigenvalue weighted by Gasteiger charge is 2.12. The van der Waals surface area contributed by atoms with Crippen molar-refractivity contribution in [1.82, 2.24) is 0 Å². The molecule has 0 fully saturated rings. The second-order valence-corrected chi connectivity index (χ2v) is 6.40. The highest BCUT2D eigenvalue weighted by Crippen LogP contribution is 2.29. The summed E-state index contributed by atoms with van der Waals surface area (Å²) in [7, 11) is 1.55. The quantitative estimate of drug-likeness (QED) is 0.804. The first-order valence-electron chi connectivity index (χ1n) is 7.79. The van der Waals surface area contributed by atoms with Gasteiger partial charge in [-0.1, -0.05) is 31.5 Å². The van der Waals surface area contributed by atoms with Crippen LogP contribution in [0.1, 0.15) is 29.8 Å². The summed E-state index contributed by atoms with van der Waals surface area (Å²) in [6.07, 6.45) is 0. The lowest BCUT2D eigenvalue weighted by molar-refractivity contribution is 0.102. The van der Waals surface area contributed by atoms with Gasteiger partial charge >= 0.3 is 0 Å². The average Bonchev–Trinajstić information content (AvgIpc) is 2.56. The fourth-order valence-corrected chi connectivity index (χ4v) is 2.24. The summed E-state index contributed by atoms with van der Waals surface area (Å²) in [6, 6.07) is 10.5. The van der Waals surface area contributed by atoms with E-state index < -0.39 is 0 Å². The Balaban J connectivity index is 2.15. The summed E-state index contributed by atoms with van der Waals surface area (Å²) >= 11 is 6.08. The molecular formula is C19H22ClNO3. The molecule has 4 nitrogen and oxygen atoms in total. The van der Waals surface area contributed by atoms with Crippen molar-refractivity contribution < 1.29 is 14.3 Å². The second-order valence-electron chi connectivity index (χ2n) is 5.99. The van der Waals surface area contributed by atoms with Crippen LogP contribution in [0.15, 0.2) is 36.4 Å². The third-order valence-corrected chi connectivity index (χ3v) is 3.83. The fourth-order valence-electron chi connectivity index (χ4n) is 2.06. The van der Waals surface area contributed by atoms with E-state index in [2.05, 4.69) is 19.2 Å². The van der Waals surface area contributed by atoms with E-state index in [0.29, 0.717) is 40.3 Å². The summed E-state index contributed by atoms with van der Waals surface area (Å²) in [5.74, 6) is 1.33. The van der Waals surface area contributed by atoms with Crippen molar-refractivity contribution in [2.45, 2.75) is 20.8 Å². The first kappa shape index (κ1) is 18.1. The zero-order valence-electron chi connectivity index (χ0n) is 14.4. The Morgan fingerprint density at radius 1 is 1.17 bits per heavy atom. The van der Waals surface area contributed by atoms with Gasteiger partial charge in [0.2, 0.25) is 0 Å². The molecule has 0 aliphatic heterocycles. The number of carbonyl (C=O) groups excluding carboxylic acids is 1. The molecule has 0 radical (unpaired) electrons. The van der Waals surface area contributed by atoms with Crippen LogP contribution in [0.3, 0.4) is 0 Å². The van der Waals surface area contributed by atoms with Gasteiger partial charge in [0.1, 0.15) is 0 Å². The molecule has 0 aliphatic carbocycles. The van der Waals surface area contributed by atoms with Gasteiger partial charge in [-0.2, -0.15) is 0 Å². The van der Waals surface area contributed by atoms with Gasteiger partial charge in [-0.15, -0.1) is 0 Å². The van der Waals surface area contributed by atoms with Crippen LogP contribution < -0.4 is 14.8 Å². The van der Waals surface area contributed by atoms with Gasteiger partial charge in [-0.3, -0.25) is 4.79 Å². The number of ether oxygens (including phenoxy) is 2. The molecule has 5 heteroatoms. The molecule has 0 spiro atoms. The molecule has 128 valence electrons. The van der Waals surface area contributed by atoms with E-state index in [1.807, 2.05) is 19.1 Å². The number of amides is 1. The van der Waals surface area contributed by atoms with E-state index in [0.717, 1.165) is 5.56 Å². The summed E-state index contributed by atoms with van der Waals surface area (Å²) < 4.78 is 11.0. The van der Waals surface area contributed by atoms with E-state index in [1.165, 1.54) is 0 Å². The lowest BCUT2D eigenvalue weighted by Gasteiger charge is -2.13. The van der Waals surface area contributed by atoms with Crippen molar-refractivity contribution in [3.63, 3.8) is 0 Å². The molecular weight excluding hydrogens is 326 g/mol. The largest absolute Gasteiger partial charge is 0.493 e. The van der Waals surface area contributed by atoms with Crippen LogP contribution in [-0.2, 0) is 0 Å². The van der Waals surface area contributed by atoms with Gasteiger partial charge in [0.15, 0.2) is 11.5 Å². The Morgan fingerprint density at radius 3 is 2.54 bits per heavy atom. The van der Waals surface area contributed by atoms with E-state index in [-0.39, 0.29) is 5.91 Å². The number of aryl methyl sites for hydroxylation is 1. The molecule has 0 saturated carbocycles. The predicted octanol–water partition coefficient (Wildman–Crippen LogP) is 4.94. The third-order valence-electron chi connectivity index (χ3n) is 3.43. The van der Waals surface area contributed by atoms with Crippen molar-refractivity contribution in [3.8, 4) is 11.5 Å². The number of carbonyl (C=O) groups is 1. The Morgan fingerprint density at radius 2 is 1.92 bits per heavy atom. The minimum Gasteiger partial charge on any atom is -0.493 e. The standard InChI is InChI=1S/C19H22ClNO3/c1-12(2)11-24-17-8-6-14(9-18(17)23-4)19(22)21-15-7-5-13(3)16(20)10-15/h5-10,12H,11H2,1-4H3,(H,21,22).